The van der Waals surface area contributed by atoms with E-state index in [-0.39, 0.29) is 10.7 Å². The molecule has 1 amide bonds. The highest BCUT2D eigenvalue weighted by atomic mass is 35.5. The lowest BCUT2D eigenvalue weighted by Crippen LogP contribution is -2.42. The zero-order valence-electron chi connectivity index (χ0n) is 15.0. The molecule has 0 radical (unpaired) electrons. The van der Waals surface area contributed by atoms with Crippen molar-refractivity contribution in [3.05, 3.63) is 59.4 Å². The molecule has 0 saturated carbocycles. The molecule has 0 aliphatic rings. The number of benzene rings is 2. The molecule has 0 saturated heterocycles. The van der Waals surface area contributed by atoms with Gasteiger partial charge in [0.05, 0.1) is 17.0 Å². The van der Waals surface area contributed by atoms with Crippen LogP contribution in [0.2, 0.25) is 5.02 Å². The number of carbonyl (C=O) groups is 1. The van der Waals surface area contributed by atoms with E-state index in [0.29, 0.717) is 13.1 Å². The van der Waals surface area contributed by atoms with Crippen LogP contribution < -0.4 is 14.5 Å². The Morgan fingerprint density at radius 2 is 1.81 bits per heavy atom. The number of hydrogen-bond acceptors (Lipinski definition) is 4. The molecule has 0 bridgehead atoms. The first-order valence-corrected chi connectivity index (χ1v) is 10.4. The lowest BCUT2D eigenvalue weighted by atomic mass is 10.3. The molecule has 0 aliphatic carbocycles. The highest BCUT2D eigenvalue weighted by Crippen LogP contribution is 2.24. The zero-order chi connectivity index (χ0) is 20.0. The summed E-state index contributed by atoms with van der Waals surface area (Å²) in [5.74, 6) is -1.13. The number of likely N-dealkylation sites (N-methyl/N-ethyl adjacent to an activating group) is 1. The van der Waals surface area contributed by atoms with Crippen LogP contribution in [0.5, 0.6) is 0 Å². The summed E-state index contributed by atoms with van der Waals surface area (Å²) in [4.78, 5) is 14.2. The minimum Gasteiger partial charge on any atom is -0.373 e. The summed E-state index contributed by atoms with van der Waals surface area (Å²) in [6.45, 7) is 0.471. The predicted octanol–water partition coefficient (Wildman–Crippen LogP) is 2.50. The van der Waals surface area contributed by atoms with Crippen LogP contribution in [0.15, 0.2) is 48.5 Å². The number of nitrogens with one attached hydrogen (secondary N) is 1. The van der Waals surface area contributed by atoms with Crippen molar-refractivity contribution in [2.45, 2.75) is 0 Å². The number of sulfonamides is 1. The molecule has 0 atom stereocenters. The van der Waals surface area contributed by atoms with Gasteiger partial charge in [-0.25, -0.2) is 12.8 Å². The number of nitrogens with zero attached hydrogens (tertiary/aromatic N) is 2. The van der Waals surface area contributed by atoms with Gasteiger partial charge in [0.2, 0.25) is 15.9 Å². The predicted molar refractivity (Wildman–Crippen MR) is 106 cm³/mol. The van der Waals surface area contributed by atoms with E-state index < -0.39 is 28.3 Å². The number of hydrogen-bond donors (Lipinski definition) is 1. The van der Waals surface area contributed by atoms with Gasteiger partial charge in [-0.1, -0.05) is 29.8 Å². The summed E-state index contributed by atoms with van der Waals surface area (Å²) in [6.07, 6.45) is 0.973. The molecular formula is C18H21ClFN3O3S. The van der Waals surface area contributed by atoms with E-state index in [0.717, 1.165) is 22.3 Å². The van der Waals surface area contributed by atoms with Gasteiger partial charge < -0.3 is 10.2 Å². The lowest BCUT2D eigenvalue weighted by molar-refractivity contribution is -0.119. The second-order valence-electron chi connectivity index (χ2n) is 5.98. The Morgan fingerprint density at radius 3 is 2.41 bits per heavy atom. The van der Waals surface area contributed by atoms with Gasteiger partial charge in [-0.2, -0.15) is 0 Å². The third-order valence-corrected chi connectivity index (χ3v) is 5.28. The number of para-hydroxylation sites is 1. The maximum atomic E-state index is 13.3. The van der Waals surface area contributed by atoms with E-state index in [4.69, 9.17) is 11.6 Å². The lowest BCUT2D eigenvalue weighted by Gasteiger charge is -2.23. The van der Waals surface area contributed by atoms with Crippen molar-refractivity contribution >= 4 is 38.9 Å². The van der Waals surface area contributed by atoms with Crippen LogP contribution in [0.4, 0.5) is 15.8 Å². The van der Waals surface area contributed by atoms with E-state index in [1.165, 1.54) is 12.1 Å². The van der Waals surface area contributed by atoms with E-state index >= 15 is 0 Å². The Balaban J connectivity index is 1.97. The summed E-state index contributed by atoms with van der Waals surface area (Å²) < 4.78 is 38.3. The molecule has 146 valence electrons. The Bertz CT molecular complexity index is 894. The van der Waals surface area contributed by atoms with E-state index in [1.807, 2.05) is 42.3 Å². The molecule has 1 N–H and O–H groups in total. The Kier molecular flexibility index (Phi) is 7.04. The number of anilines is 2. The van der Waals surface area contributed by atoms with Gasteiger partial charge in [0, 0.05) is 25.8 Å². The molecule has 2 aromatic carbocycles. The van der Waals surface area contributed by atoms with Crippen molar-refractivity contribution in [2.75, 3.05) is 42.1 Å². The fourth-order valence-electron chi connectivity index (χ4n) is 2.40. The summed E-state index contributed by atoms with van der Waals surface area (Å²) >= 11 is 5.72. The quantitative estimate of drug-likeness (QED) is 0.721. The van der Waals surface area contributed by atoms with Gasteiger partial charge >= 0.3 is 0 Å². The van der Waals surface area contributed by atoms with Crippen molar-refractivity contribution in [2.24, 2.45) is 0 Å². The first-order valence-electron chi connectivity index (χ1n) is 8.14. The summed E-state index contributed by atoms with van der Waals surface area (Å²) in [6, 6.07) is 13.2. The summed E-state index contributed by atoms with van der Waals surface area (Å²) in [5, 5.41) is 2.47. The van der Waals surface area contributed by atoms with Crippen LogP contribution in [-0.2, 0) is 14.8 Å². The number of amides is 1. The molecule has 0 heterocycles. The first kappa shape index (κ1) is 21.0. The van der Waals surface area contributed by atoms with Crippen LogP contribution in [-0.4, -0.2) is 47.3 Å². The molecule has 27 heavy (non-hydrogen) atoms. The third-order valence-electron chi connectivity index (χ3n) is 3.85. The second-order valence-corrected chi connectivity index (χ2v) is 8.29. The monoisotopic (exact) mass is 413 g/mol. The van der Waals surface area contributed by atoms with Crippen LogP contribution in [0.3, 0.4) is 0 Å². The average molecular weight is 414 g/mol. The van der Waals surface area contributed by atoms with E-state index in [2.05, 4.69) is 5.32 Å². The molecular weight excluding hydrogens is 393 g/mol. The minimum absolute atomic E-state index is 0.125. The average Bonchev–Trinajstić information content (AvgIpc) is 2.62. The van der Waals surface area contributed by atoms with Crippen molar-refractivity contribution in [3.8, 4) is 0 Å². The van der Waals surface area contributed by atoms with Crippen molar-refractivity contribution in [1.29, 1.82) is 0 Å². The van der Waals surface area contributed by atoms with Crippen LogP contribution in [0, 0.1) is 5.82 Å². The normalized spacial score (nSPS) is 11.1. The second kappa shape index (κ2) is 9.05. The Hall–Kier alpha value is -2.32. The van der Waals surface area contributed by atoms with Gasteiger partial charge in [0.25, 0.3) is 0 Å². The van der Waals surface area contributed by atoms with Crippen LogP contribution in [0.1, 0.15) is 0 Å². The van der Waals surface area contributed by atoms with Gasteiger partial charge in [0.15, 0.2) is 0 Å². The van der Waals surface area contributed by atoms with E-state index in [1.54, 1.807) is 0 Å². The number of rotatable bonds is 8. The van der Waals surface area contributed by atoms with Gasteiger partial charge in [0.1, 0.15) is 12.4 Å². The first-order chi connectivity index (χ1) is 12.7. The summed E-state index contributed by atoms with van der Waals surface area (Å²) in [5.41, 5.74) is 1.13. The standard InChI is InChI=1S/C18H21ClFN3O3S/c1-22(14-6-4-3-5-7-14)11-10-21-18(24)13-23(27(2,25)26)15-8-9-17(20)16(19)12-15/h3-9,12H,10-11,13H2,1-2H3,(H,21,24). The molecule has 0 aromatic heterocycles. The molecule has 6 nitrogen and oxygen atoms in total. The third kappa shape index (κ3) is 6.11. The highest BCUT2D eigenvalue weighted by molar-refractivity contribution is 7.92. The number of carbonyl (C=O) groups excluding carboxylic acids is 1. The fourth-order valence-corrected chi connectivity index (χ4v) is 3.42. The maximum Gasteiger partial charge on any atom is 0.240 e. The van der Waals surface area contributed by atoms with Gasteiger partial charge in [-0.3, -0.25) is 9.10 Å². The van der Waals surface area contributed by atoms with Crippen molar-refractivity contribution in [1.82, 2.24) is 5.32 Å². The van der Waals surface area contributed by atoms with Crippen LogP contribution >= 0.6 is 11.6 Å². The molecule has 2 rings (SSSR count). The molecule has 2 aromatic rings. The molecule has 0 spiro atoms. The van der Waals surface area contributed by atoms with E-state index in [9.17, 15) is 17.6 Å². The van der Waals surface area contributed by atoms with Crippen LogP contribution in [0.25, 0.3) is 0 Å². The zero-order valence-corrected chi connectivity index (χ0v) is 16.6. The molecule has 0 aliphatic heterocycles. The number of halogens is 2. The Morgan fingerprint density at radius 1 is 1.15 bits per heavy atom. The van der Waals surface area contributed by atoms with Crippen molar-refractivity contribution < 1.29 is 17.6 Å². The van der Waals surface area contributed by atoms with Gasteiger partial charge in [-0.05, 0) is 30.3 Å². The minimum atomic E-state index is -3.75. The molecule has 9 heteroatoms. The van der Waals surface area contributed by atoms with Gasteiger partial charge in [-0.15, -0.1) is 0 Å². The molecule has 0 unspecified atom stereocenters. The maximum absolute atomic E-state index is 13.3. The SMILES string of the molecule is CN(CCNC(=O)CN(c1ccc(F)c(Cl)c1)S(C)(=O)=O)c1ccccc1. The summed E-state index contributed by atoms with van der Waals surface area (Å²) in [7, 11) is -1.85. The Labute approximate surface area is 163 Å². The smallest absolute Gasteiger partial charge is 0.240 e. The molecule has 0 fully saturated rings. The topological polar surface area (TPSA) is 69.7 Å². The fraction of sp³-hybridized carbons (Fsp3) is 0.278. The largest absolute Gasteiger partial charge is 0.373 e. The van der Waals surface area contributed by atoms with Crippen molar-refractivity contribution in [3.63, 3.8) is 0 Å². The highest BCUT2D eigenvalue weighted by Gasteiger charge is 2.21.